The van der Waals surface area contributed by atoms with Crippen LogP contribution in [0.3, 0.4) is 0 Å². The molecule has 2 heterocycles. The fourth-order valence-corrected chi connectivity index (χ4v) is 17.5. The second-order valence-corrected chi connectivity index (χ2v) is 31.6. The minimum Gasteiger partial charge on any atom is -0.310 e. The number of carbonyl (C=O) groups excluding carboxylic acids is 2. The van der Waals surface area contributed by atoms with Crippen LogP contribution >= 0.6 is 0 Å². The molecule has 0 radical (unpaired) electrons. The minimum atomic E-state index is -0.476. The van der Waals surface area contributed by atoms with Crippen LogP contribution in [0.2, 0.25) is 0 Å². The Morgan fingerprint density at radius 3 is 0.991 bits per heavy atom. The first-order valence-corrected chi connectivity index (χ1v) is 38.9. The van der Waals surface area contributed by atoms with E-state index in [0.717, 1.165) is 129 Å². The quantitative estimate of drug-likeness (QED) is 0.0579. The molecule has 2 aliphatic heterocycles. The summed E-state index contributed by atoms with van der Waals surface area (Å²) in [4.78, 5) is 40.9. The number of rotatable bonds is 15. The van der Waals surface area contributed by atoms with Crippen molar-refractivity contribution >= 4 is 101 Å². The Balaban J connectivity index is 0.776. The normalized spacial score (nSPS) is 13.1. The Morgan fingerprint density at radius 1 is 0.277 bits per heavy atom. The number of benzene rings is 16. The lowest BCUT2D eigenvalue weighted by Gasteiger charge is -2.43. The van der Waals surface area contributed by atoms with Gasteiger partial charge in [0.2, 0.25) is 0 Å². The van der Waals surface area contributed by atoms with Gasteiger partial charge in [0.15, 0.2) is 11.6 Å². The number of anilines is 12. The number of nitrogens with zero attached hydrogens (tertiary/aromatic N) is 4. The van der Waals surface area contributed by atoms with Gasteiger partial charge < -0.3 is 19.6 Å². The summed E-state index contributed by atoms with van der Waals surface area (Å²) >= 11 is 0. The van der Waals surface area contributed by atoms with Gasteiger partial charge in [0.05, 0.1) is 34.1 Å². The van der Waals surface area contributed by atoms with Crippen molar-refractivity contribution in [1.82, 2.24) is 0 Å². The van der Waals surface area contributed by atoms with Gasteiger partial charge in [0, 0.05) is 88.8 Å². The molecule has 0 aromatic heterocycles. The van der Waals surface area contributed by atoms with E-state index in [-0.39, 0.29) is 17.0 Å². The van der Waals surface area contributed by atoms with Crippen LogP contribution in [0.15, 0.2) is 340 Å². The molecule has 6 heteroatoms. The molecular formula is C106H86N4O2. The van der Waals surface area contributed by atoms with Gasteiger partial charge in [-0.05, 0) is 212 Å². The van der Waals surface area contributed by atoms with E-state index in [2.05, 4.69) is 354 Å². The van der Waals surface area contributed by atoms with Crippen molar-refractivity contribution in [2.45, 2.75) is 80.1 Å². The number of para-hydroxylation sites is 3. The van der Waals surface area contributed by atoms with Gasteiger partial charge in [0.1, 0.15) is 0 Å². The fourth-order valence-electron chi connectivity index (χ4n) is 17.5. The van der Waals surface area contributed by atoms with Gasteiger partial charge in [-0.25, -0.2) is 0 Å². The maximum Gasteiger partial charge on any atom is 0.193 e. The smallest absolute Gasteiger partial charge is 0.193 e. The van der Waals surface area contributed by atoms with Crippen molar-refractivity contribution in [3.05, 3.63) is 418 Å². The number of fused-ring (bicyclic) bond motifs is 6. The molecule has 6 nitrogen and oxygen atoms in total. The van der Waals surface area contributed by atoms with E-state index in [1.54, 1.807) is 0 Å². The molecule has 0 spiro atoms. The van der Waals surface area contributed by atoms with Gasteiger partial charge in [-0.2, -0.15) is 0 Å². The molecule has 0 atom stereocenters. The highest BCUT2D eigenvalue weighted by Crippen LogP contribution is 2.58. The van der Waals surface area contributed by atoms with Gasteiger partial charge >= 0.3 is 0 Å². The molecule has 0 saturated heterocycles. The van der Waals surface area contributed by atoms with E-state index in [1.807, 2.05) is 74.5 Å². The number of aryl methyl sites for hydroxylation is 6. The topological polar surface area (TPSA) is 47.1 Å². The van der Waals surface area contributed by atoms with E-state index >= 15 is 9.59 Å². The zero-order chi connectivity index (χ0) is 76.8. The fraction of sp³-hybridized carbons (Fsp3) is 0.113. The predicted molar refractivity (Wildman–Crippen MR) is 469 cm³/mol. The number of ketones is 2. The van der Waals surface area contributed by atoms with Crippen molar-refractivity contribution in [2.75, 3.05) is 19.6 Å². The average molecular weight is 1450 g/mol. The molecule has 0 bridgehead atoms. The predicted octanol–water partition coefficient (Wildman–Crippen LogP) is 28.5. The summed E-state index contributed by atoms with van der Waals surface area (Å²) in [5, 5.41) is 4.51. The first kappa shape index (κ1) is 70.3. The number of hydrogen-bond donors (Lipinski definition) is 0. The molecule has 18 rings (SSSR count). The first-order valence-electron chi connectivity index (χ1n) is 38.9. The zero-order valence-electron chi connectivity index (χ0n) is 64.9. The third-order valence-corrected chi connectivity index (χ3v) is 23.5. The van der Waals surface area contributed by atoms with E-state index in [4.69, 9.17) is 0 Å². The average Bonchev–Trinajstić information content (AvgIpc) is 0.715. The van der Waals surface area contributed by atoms with Crippen LogP contribution in [0.5, 0.6) is 0 Å². The van der Waals surface area contributed by atoms with Crippen LogP contribution in [-0.4, -0.2) is 11.6 Å². The Bertz CT molecular complexity index is 6240. The van der Waals surface area contributed by atoms with E-state index in [1.165, 1.54) is 38.9 Å². The van der Waals surface area contributed by atoms with E-state index < -0.39 is 5.41 Å². The van der Waals surface area contributed by atoms with E-state index in [0.29, 0.717) is 33.4 Å². The highest BCUT2D eigenvalue weighted by atomic mass is 16.1. The molecule has 0 fully saturated rings. The molecular weight excluding hydrogens is 1360 g/mol. The molecule has 0 N–H and O–H groups in total. The van der Waals surface area contributed by atoms with Gasteiger partial charge in [-0.1, -0.05) is 286 Å². The van der Waals surface area contributed by atoms with Crippen molar-refractivity contribution < 1.29 is 9.59 Å². The van der Waals surface area contributed by atoms with Gasteiger partial charge in [-0.15, -0.1) is 0 Å². The van der Waals surface area contributed by atoms with E-state index in [9.17, 15) is 0 Å². The van der Waals surface area contributed by atoms with Crippen LogP contribution < -0.4 is 19.6 Å². The SMILES string of the molecule is Cc1ccc(C(=O)c2cc(-c3ccc(N4c5ccccc5C(C)(C)c5c(-c6cc(N(c7ccc(C)cc7)c7c8ccccc8c(N(c8ccc(C)cc8)c8ccc(C)cc8)c8ccccc78)ccc6C)cccc54)cc3)c(C(=O)c3ccc(C)cc3)cc2-c2ccc(N3c4ccccc4C(C)(C)c4ccccc43)cc2)cc1. The van der Waals surface area contributed by atoms with Gasteiger partial charge in [0.25, 0.3) is 0 Å². The zero-order valence-corrected chi connectivity index (χ0v) is 64.9. The van der Waals surface area contributed by atoms with Crippen molar-refractivity contribution in [2.24, 2.45) is 0 Å². The lowest BCUT2D eigenvalue weighted by Crippen LogP contribution is -2.31. The third-order valence-electron chi connectivity index (χ3n) is 23.5. The summed E-state index contributed by atoms with van der Waals surface area (Å²) in [6.45, 7) is 22.1. The summed E-state index contributed by atoms with van der Waals surface area (Å²) in [6, 6.07) is 121. The summed E-state index contributed by atoms with van der Waals surface area (Å²) < 4.78 is 0. The second kappa shape index (κ2) is 27.9. The molecule has 16 aromatic rings. The molecule has 2 aliphatic rings. The lowest BCUT2D eigenvalue weighted by atomic mass is 9.70. The molecule has 112 heavy (non-hydrogen) atoms. The monoisotopic (exact) mass is 1450 g/mol. The highest BCUT2D eigenvalue weighted by Gasteiger charge is 2.41. The van der Waals surface area contributed by atoms with Gasteiger partial charge in [-0.3, -0.25) is 9.59 Å². The van der Waals surface area contributed by atoms with Crippen molar-refractivity contribution in [3.8, 4) is 33.4 Å². The molecule has 0 unspecified atom stereocenters. The summed E-state index contributed by atoms with van der Waals surface area (Å²) in [5.74, 6) is -0.268. The summed E-state index contributed by atoms with van der Waals surface area (Å²) in [7, 11) is 0. The van der Waals surface area contributed by atoms with Crippen molar-refractivity contribution in [3.63, 3.8) is 0 Å². The Morgan fingerprint density at radius 2 is 0.598 bits per heavy atom. The van der Waals surface area contributed by atoms with Crippen LogP contribution in [-0.2, 0) is 10.8 Å². The van der Waals surface area contributed by atoms with Crippen LogP contribution in [0.4, 0.5) is 68.2 Å². The molecule has 16 aromatic carbocycles. The lowest BCUT2D eigenvalue weighted by molar-refractivity contribution is 0.102. The second-order valence-electron chi connectivity index (χ2n) is 31.6. The largest absolute Gasteiger partial charge is 0.310 e. The van der Waals surface area contributed by atoms with Crippen LogP contribution in [0.1, 0.15) is 115 Å². The first-order chi connectivity index (χ1) is 54.4. The number of carbonyl (C=O) groups is 2. The maximum atomic E-state index is 15.6. The Hall–Kier alpha value is -13.4. The van der Waals surface area contributed by atoms with Crippen LogP contribution in [0.25, 0.3) is 54.9 Å². The molecule has 0 amide bonds. The molecule has 0 saturated carbocycles. The van der Waals surface area contributed by atoms with Crippen LogP contribution in [0, 0.1) is 41.5 Å². The highest BCUT2D eigenvalue weighted by molar-refractivity contribution is 6.24. The minimum absolute atomic E-state index is 0.133. The molecule has 0 aliphatic carbocycles. The van der Waals surface area contributed by atoms with Crippen molar-refractivity contribution in [1.29, 1.82) is 0 Å². The maximum absolute atomic E-state index is 15.6. The summed E-state index contributed by atoms with van der Waals surface area (Å²) in [6.07, 6.45) is 0. The Kier molecular flexibility index (Phi) is 17.5. The standard InChI is InChI=1S/C106H86N4O2/c1-67-34-45-75(46-35-67)103(111)91-66-90(92(104(112)76-47-36-68(2)37-48-76)65-89(91)73-49-60-80(61-50-73)109-96-30-18-15-27-93(96)105(7,8)94-28-16-19-31-97(94)109)74-51-62-81(63-52-74)110-98-32-20-17-29-95(98)106(9,10)100-83(26-21-33-99(100)110)88-64-82(59-44-72(88)6)108(79-57-42-71(5)43-58-79)102-86-24-13-11-22-84(86)101(85-23-12-14-25-87(85)102)107(77-53-38-69(3)39-54-77)78-55-40-70(4)41-56-78/h11-66H,1-10H3. The third kappa shape index (κ3) is 12.1. The number of hydrogen-bond acceptors (Lipinski definition) is 6. The summed E-state index contributed by atoms with van der Waals surface area (Å²) in [5.41, 5.74) is 31.2. The molecule has 542 valence electrons. The Labute approximate surface area is 657 Å².